The molecule has 0 spiro atoms. The number of carbonyl (C=O) groups excluding carboxylic acids is 1. The van der Waals surface area contributed by atoms with Crippen molar-refractivity contribution >= 4 is 34.8 Å². The van der Waals surface area contributed by atoms with Crippen LogP contribution in [0.2, 0.25) is 5.02 Å². The fraction of sp³-hybridized carbons (Fsp3) is 0.444. The summed E-state index contributed by atoms with van der Waals surface area (Å²) >= 11 is 7.20. The minimum absolute atomic E-state index is 0.287. The lowest BCUT2D eigenvalue weighted by Crippen LogP contribution is -2.49. The van der Waals surface area contributed by atoms with E-state index in [1.807, 2.05) is 0 Å². The molecule has 1 N–H and O–H groups in total. The highest BCUT2D eigenvalue weighted by atomic mass is 35.5. The van der Waals surface area contributed by atoms with Gasteiger partial charge in [0.1, 0.15) is 5.82 Å². The maximum absolute atomic E-state index is 14.1. The second-order valence-electron chi connectivity index (χ2n) is 6.78. The van der Waals surface area contributed by atoms with Crippen LogP contribution >= 0.6 is 22.9 Å². The molecule has 3 aliphatic rings. The molecule has 8 heteroatoms. The van der Waals surface area contributed by atoms with Gasteiger partial charge in [-0.25, -0.2) is 14.2 Å². The summed E-state index contributed by atoms with van der Waals surface area (Å²) in [6.45, 7) is 3.70. The molecular weight excluding hydrogens is 377 g/mol. The summed E-state index contributed by atoms with van der Waals surface area (Å²) in [5.74, 6) is 0.907. The number of ether oxygens (including phenoxy) is 1. The number of thiazole rings is 1. The highest BCUT2D eigenvalue weighted by Gasteiger charge is 2.34. The number of aromatic nitrogens is 1. The summed E-state index contributed by atoms with van der Waals surface area (Å²) in [5, 5.41) is 3.06. The van der Waals surface area contributed by atoms with Crippen LogP contribution in [0.15, 0.2) is 23.7 Å². The van der Waals surface area contributed by atoms with Crippen LogP contribution in [-0.2, 0) is 4.74 Å². The predicted octanol–water partition coefficient (Wildman–Crippen LogP) is 4.49. The Bertz CT molecular complexity index is 807. The van der Waals surface area contributed by atoms with Crippen LogP contribution in [0.25, 0.3) is 10.4 Å². The van der Waals surface area contributed by atoms with Gasteiger partial charge in [-0.2, -0.15) is 0 Å². The SMILES string of the molecule is O=C(Nc1ncsc1-c1cc(Cl)ccc1F)OCC1CN2CCC1CC2. The molecule has 26 heavy (non-hydrogen) atoms. The zero-order chi connectivity index (χ0) is 18.1. The quantitative estimate of drug-likeness (QED) is 0.828. The van der Waals surface area contributed by atoms with E-state index in [2.05, 4.69) is 15.2 Å². The molecule has 5 rings (SSSR count). The van der Waals surface area contributed by atoms with E-state index in [1.165, 1.54) is 42.4 Å². The molecule has 0 radical (unpaired) electrons. The summed E-state index contributed by atoms with van der Waals surface area (Å²) in [5.41, 5.74) is 1.87. The maximum Gasteiger partial charge on any atom is 0.412 e. The van der Waals surface area contributed by atoms with Crippen molar-refractivity contribution in [2.45, 2.75) is 12.8 Å². The van der Waals surface area contributed by atoms with E-state index in [1.54, 1.807) is 5.51 Å². The topological polar surface area (TPSA) is 54.5 Å². The number of hydrogen-bond acceptors (Lipinski definition) is 5. The number of piperidine rings is 3. The average molecular weight is 396 g/mol. The van der Waals surface area contributed by atoms with Gasteiger partial charge in [-0.05, 0) is 50.0 Å². The van der Waals surface area contributed by atoms with Gasteiger partial charge in [0.2, 0.25) is 0 Å². The largest absolute Gasteiger partial charge is 0.449 e. The Balaban J connectivity index is 1.39. The number of anilines is 1. The zero-order valence-corrected chi connectivity index (χ0v) is 15.7. The van der Waals surface area contributed by atoms with Crippen molar-refractivity contribution in [2.75, 3.05) is 31.6 Å². The molecular formula is C18H19ClFN3O2S. The van der Waals surface area contributed by atoms with E-state index in [0.29, 0.717) is 33.9 Å². The van der Waals surface area contributed by atoms with Crippen LogP contribution in [0.5, 0.6) is 0 Å². The fourth-order valence-electron chi connectivity index (χ4n) is 3.79. The van der Waals surface area contributed by atoms with Crippen molar-refractivity contribution in [3.8, 4) is 10.4 Å². The summed E-state index contributed by atoms with van der Waals surface area (Å²) in [6, 6.07) is 4.30. The summed E-state index contributed by atoms with van der Waals surface area (Å²) in [6.07, 6.45) is 1.80. The third-order valence-electron chi connectivity index (χ3n) is 5.18. The van der Waals surface area contributed by atoms with Crippen molar-refractivity contribution in [1.29, 1.82) is 0 Å². The molecule has 1 aromatic heterocycles. The number of fused-ring (bicyclic) bond motifs is 3. The number of halogens is 2. The lowest BCUT2D eigenvalue weighted by Gasteiger charge is -2.44. The summed E-state index contributed by atoms with van der Waals surface area (Å²) in [7, 11) is 0. The Kier molecular flexibility index (Phi) is 5.11. The standard InChI is InChI=1S/C18H19ClFN3O2S/c19-13-1-2-15(20)14(7-13)16-17(21-10-26-16)22-18(24)25-9-12-8-23-5-3-11(12)4-6-23/h1-2,7,10-12H,3-6,8-9H2,(H,22,24). The summed E-state index contributed by atoms with van der Waals surface area (Å²) in [4.78, 5) is 19.3. The first-order valence-electron chi connectivity index (χ1n) is 8.65. The Morgan fingerprint density at radius 3 is 2.96 bits per heavy atom. The molecule has 3 aliphatic heterocycles. The second-order valence-corrected chi connectivity index (χ2v) is 8.07. The van der Waals surface area contributed by atoms with E-state index >= 15 is 0 Å². The molecule has 4 heterocycles. The zero-order valence-electron chi connectivity index (χ0n) is 14.1. The van der Waals surface area contributed by atoms with E-state index in [9.17, 15) is 9.18 Å². The minimum Gasteiger partial charge on any atom is -0.449 e. The Morgan fingerprint density at radius 2 is 2.23 bits per heavy atom. The molecule has 0 saturated carbocycles. The van der Waals surface area contributed by atoms with Crippen LogP contribution in [0, 0.1) is 17.7 Å². The van der Waals surface area contributed by atoms with Gasteiger partial charge < -0.3 is 9.64 Å². The first kappa shape index (κ1) is 17.7. The molecule has 1 amide bonds. The van der Waals surface area contributed by atoms with Gasteiger partial charge in [-0.15, -0.1) is 11.3 Å². The van der Waals surface area contributed by atoms with Crippen molar-refractivity contribution < 1.29 is 13.9 Å². The third-order valence-corrected chi connectivity index (χ3v) is 6.28. The molecule has 2 aromatic rings. The average Bonchev–Trinajstić information content (AvgIpc) is 3.11. The van der Waals surface area contributed by atoms with Crippen molar-refractivity contribution in [3.63, 3.8) is 0 Å². The molecule has 3 saturated heterocycles. The lowest BCUT2D eigenvalue weighted by atomic mass is 9.79. The van der Waals surface area contributed by atoms with Gasteiger partial charge in [0.05, 0.1) is 17.0 Å². The summed E-state index contributed by atoms with van der Waals surface area (Å²) < 4.78 is 19.5. The van der Waals surface area contributed by atoms with Gasteiger partial charge in [-0.3, -0.25) is 5.32 Å². The van der Waals surface area contributed by atoms with Crippen LogP contribution in [0.3, 0.4) is 0 Å². The number of rotatable bonds is 4. The van der Waals surface area contributed by atoms with Crippen LogP contribution in [0.1, 0.15) is 12.8 Å². The first-order chi connectivity index (χ1) is 12.6. The van der Waals surface area contributed by atoms with Crippen LogP contribution in [-0.4, -0.2) is 42.2 Å². The van der Waals surface area contributed by atoms with E-state index in [-0.39, 0.29) is 5.82 Å². The van der Waals surface area contributed by atoms with Gasteiger partial charge in [0.25, 0.3) is 0 Å². The normalized spacial score (nSPS) is 24.5. The van der Waals surface area contributed by atoms with Gasteiger partial charge in [-0.1, -0.05) is 11.6 Å². The highest BCUT2D eigenvalue weighted by Crippen LogP contribution is 2.35. The van der Waals surface area contributed by atoms with Crippen molar-refractivity contribution in [3.05, 3.63) is 34.5 Å². The maximum atomic E-state index is 14.1. The lowest BCUT2D eigenvalue weighted by molar-refractivity contribution is 0.0151. The molecule has 0 aliphatic carbocycles. The number of nitrogens with one attached hydrogen (secondary N) is 1. The van der Waals surface area contributed by atoms with Gasteiger partial charge >= 0.3 is 6.09 Å². The van der Waals surface area contributed by atoms with Crippen molar-refractivity contribution in [1.82, 2.24) is 9.88 Å². The Hall–Kier alpha value is -1.70. The molecule has 1 atom stereocenters. The first-order valence-corrected chi connectivity index (χ1v) is 9.91. The van der Waals surface area contributed by atoms with Crippen LogP contribution < -0.4 is 5.32 Å². The molecule has 5 nitrogen and oxygen atoms in total. The monoisotopic (exact) mass is 395 g/mol. The molecule has 138 valence electrons. The number of nitrogens with zero attached hydrogens (tertiary/aromatic N) is 2. The van der Waals surface area contributed by atoms with E-state index in [4.69, 9.17) is 16.3 Å². The number of carbonyl (C=O) groups is 1. The second kappa shape index (κ2) is 7.50. The molecule has 1 aromatic carbocycles. The molecule has 2 bridgehead atoms. The number of benzene rings is 1. The smallest absolute Gasteiger partial charge is 0.412 e. The third kappa shape index (κ3) is 3.70. The number of amides is 1. The Labute approximate surface area is 160 Å². The van der Waals surface area contributed by atoms with Crippen molar-refractivity contribution in [2.24, 2.45) is 11.8 Å². The fourth-order valence-corrected chi connectivity index (χ4v) is 4.72. The number of hydrogen-bond donors (Lipinski definition) is 1. The Morgan fingerprint density at radius 1 is 1.42 bits per heavy atom. The minimum atomic E-state index is -0.559. The highest BCUT2D eigenvalue weighted by molar-refractivity contribution is 7.13. The predicted molar refractivity (Wildman–Crippen MR) is 100 cm³/mol. The van der Waals surface area contributed by atoms with Gasteiger partial charge in [0, 0.05) is 23.0 Å². The molecule has 1 unspecified atom stereocenters. The van der Waals surface area contributed by atoms with E-state index in [0.717, 1.165) is 19.6 Å². The van der Waals surface area contributed by atoms with E-state index < -0.39 is 11.9 Å². The molecule has 3 fully saturated rings. The van der Waals surface area contributed by atoms with Gasteiger partial charge in [0.15, 0.2) is 5.82 Å². The van der Waals surface area contributed by atoms with Crippen LogP contribution in [0.4, 0.5) is 15.0 Å².